The normalized spacial score (nSPS) is 15.8. The fourth-order valence-corrected chi connectivity index (χ4v) is 4.34. The molecule has 0 saturated carbocycles. The van der Waals surface area contributed by atoms with Gasteiger partial charge in [-0.25, -0.2) is 8.42 Å². The van der Waals surface area contributed by atoms with Crippen LogP contribution in [0.2, 0.25) is 0 Å². The first-order valence-corrected chi connectivity index (χ1v) is 9.25. The van der Waals surface area contributed by atoms with Crippen LogP contribution in [0.5, 0.6) is 11.5 Å². The van der Waals surface area contributed by atoms with Crippen molar-refractivity contribution in [3.8, 4) is 11.5 Å². The van der Waals surface area contributed by atoms with Crippen LogP contribution in [0.3, 0.4) is 0 Å². The predicted octanol–water partition coefficient (Wildman–Crippen LogP) is 1.00. The Morgan fingerprint density at radius 3 is 2.40 bits per heavy atom. The molecule has 1 aromatic heterocycles. The molecule has 134 valence electrons. The summed E-state index contributed by atoms with van der Waals surface area (Å²) >= 11 is 0. The van der Waals surface area contributed by atoms with Gasteiger partial charge in [0, 0.05) is 38.4 Å². The second-order valence-electron chi connectivity index (χ2n) is 5.49. The zero-order valence-corrected chi connectivity index (χ0v) is 14.9. The summed E-state index contributed by atoms with van der Waals surface area (Å²) in [5.41, 5.74) is 0. The molecule has 0 N–H and O–H groups in total. The molecule has 2 heterocycles. The van der Waals surface area contributed by atoms with Crippen molar-refractivity contribution in [3.05, 3.63) is 36.5 Å². The van der Waals surface area contributed by atoms with Gasteiger partial charge in [-0.05, 0) is 24.3 Å². The molecule has 1 aliphatic rings. The van der Waals surface area contributed by atoms with Gasteiger partial charge in [-0.3, -0.25) is 0 Å². The topological polar surface area (TPSA) is 84.9 Å². The highest BCUT2D eigenvalue weighted by molar-refractivity contribution is 7.89. The highest BCUT2D eigenvalue weighted by Crippen LogP contribution is 2.31. The van der Waals surface area contributed by atoms with Crippen LogP contribution in [0, 0.1) is 0 Å². The monoisotopic (exact) mass is 364 g/mol. The molecule has 0 radical (unpaired) electrons. The zero-order valence-electron chi connectivity index (χ0n) is 14.1. The van der Waals surface area contributed by atoms with E-state index in [2.05, 4.69) is 10.2 Å². The van der Waals surface area contributed by atoms with Gasteiger partial charge in [-0.15, -0.1) is 5.10 Å². The number of piperazine rings is 1. The molecule has 0 bridgehead atoms. The van der Waals surface area contributed by atoms with Gasteiger partial charge in [0.25, 0.3) is 0 Å². The van der Waals surface area contributed by atoms with Gasteiger partial charge >= 0.3 is 0 Å². The van der Waals surface area contributed by atoms with Crippen molar-refractivity contribution in [1.29, 1.82) is 0 Å². The lowest BCUT2D eigenvalue weighted by atomic mass is 10.3. The summed E-state index contributed by atoms with van der Waals surface area (Å²) < 4.78 is 37.9. The quantitative estimate of drug-likeness (QED) is 0.782. The maximum Gasteiger partial charge on any atom is 0.247 e. The third kappa shape index (κ3) is 3.52. The Kier molecular flexibility index (Phi) is 5.05. The molecule has 2 aromatic rings. The Morgan fingerprint density at radius 2 is 1.80 bits per heavy atom. The molecule has 0 aliphatic carbocycles. The van der Waals surface area contributed by atoms with E-state index in [1.54, 1.807) is 18.3 Å². The van der Waals surface area contributed by atoms with E-state index < -0.39 is 10.0 Å². The maximum atomic E-state index is 13.0. The molecule has 1 aliphatic heterocycles. The van der Waals surface area contributed by atoms with Crippen LogP contribution >= 0.6 is 0 Å². The number of aromatic nitrogens is 2. The SMILES string of the molecule is COc1ccc(OC)c(S(=O)(=O)N2CCN(c3cccnn3)CC2)c1. The molecule has 0 amide bonds. The van der Waals surface area contributed by atoms with Gasteiger partial charge < -0.3 is 14.4 Å². The number of methoxy groups -OCH3 is 2. The van der Waals surface area contributed by atoms with Crippen molar-refractivity contribution < 1.29 is 17.9 Å². The lowest BCUT2D eigenvalue weighted by molar-refractivity contribution is 0.370. The average Bonchev–Trinajstić information content (AvgIpc) is 2.68. The predicted molar refractivity (Wildman–Crippen MR) is 92.5 cm³/mol. The number of rotatable bonds is 5. The van der Waals surface area contributed by atoms with Crippen molar-refractivity contribution in [2.75, 3.05) is 45.3 Å². The highest BCUT2D eigenvalue weighted by atomic mass is 32.2. The van der Waals surface area contributed by atoms with Crippen LogP contribution in [0.1, 0.15) is 0 Å². The van der Waals surface area contributed by atoms with Crippen LogP contribution < -0.4 is 14.4 Å². The minimum absolute atomic E-state index is 0.113. The van der Waals surface area contributed by atoms with E-state index in [1.807, 2.05) is 17.0 Å². The van der Waals surface area contributed by atoms with Crippen molar-refractivity contribution in [3.63, 3.8) is 0 Å². The van der Waals surface area contributed by atoms with E-state index >= 15 is 0 Å². The van der Waals surface area contributed by atoms with E-state index in [4.69, 9.17) is 9.47 Å². The summed E-state index contributed by atoms with van der Waals surface area (Å²) in [5, 5.41) is 7.93. The lowest BCUT2D eigenvalue weighted by Crippen LogP contribution is -2.49. The lowest BCUT2D eigenvalue weighted by Gasteiger charge is -2.34. The smallest absolute Gasteiger partial charge is 0.247 e. The molecule has 3 rings (SSSR count). The van der Waals surface area contributed by atoms with E-state index in [-0.39, 0.29) is 4.90 Å². The fourth-order valence-electron chi connectivity index (χ4n) is 2.74. The van der Waals surface area contributed by atoms with Gasteiger partial charge in [0.1, 0.15) is 16.4 Å². The summed E-state index contributed by atoms with van der Waals surface area (Å²) in [7, 11) is -0.728. The largest absolute Gasteiger partial charge is 0.497 e. The first-order chi connectivity index (χ1) is 12.1. The molecule has 25 heavy (non-hydrogen) atoms. The maximum absolute atomic E-state index is 13.0. The molecule has 1 aromatic carbocycles. The van der Waals surface area contributed by atoms with E-state index in [0.717, 1.165) is 5.82 Å². The summed E-state index contributed by atoms with van der Waals surface area (Å²) in [6.45, 7) is 1.81. The van der Waals surface area contributed by atoms with Crippen LogP contribution in [-0.4, -0.2) is 63.3 Å². The van der Waals surface area contributed by atoms with Crippen molar-refractivity contribution in [2.24, 2.45) is 0 Å². The van der Waals surface area contributed by atoms with Gasteiger partial charge in [0.2, 0.25) is 10.0 Å². The van der Waals surface area contributed by atoms with Crippen molar-refractivity contribution in [2.45, 2.75) is 4.90 Å². The first-order valence-electron chi connectivity index (χ1n) is 7.81. The average molecular weight is 364 g/mol. The molecule has 8 nitrogen and oxygen atoms in total. The van der Waals surface area contributed by atoms with Crippen LogP contribution in [0.25, 0.3) is 0 Å². The number of benzene rings is 1. The second kappa shape index (κ2) is 7.24. The zero-order chi connectivity index (χ0) is 17.9. The third-order valence-corrected chi connectivity index (χ3v) is 6.03. The molecular formula is C16H20N4O4S. The molecule has 0 spiro atoms. The Bertz CT molecular complexity index is 821. The standard InChI is InChI=1S/C16H20N4O4S/c1-23-13-5-6-14(24-2)15(12-13)25(21,22)20-10-8-19(9-11-20)16-4-3-7-17-18-16/h3-7,12H,8-11H2,1-2H3. The molecule has 0 unspecified atom stereocenters. The minimum Gasteiger partial charge on any atom is -0.497 e. The Balaban J connectivity index is 1.80. The van der Waals surface area contributed by atoms with Gasteiger partial charge in [0.15, 0.2) is 5.82 Å². The number of anilines is 1. The molecule has 1 saturated heterocycles. The molecular weight excluding hydrogens is 344 g/mol. The summed E-state index contributed by atoms with van der Waals surface area (Å²) in [6, 6.07) is 8.43. The highest BCUT2D eigenvalue weighted by Gasteiger charge is 2.31. The number of hydrogen-bond donors (Lipinski definition) is 0. The van der Waals surface area contributed by atoms with Crippen LogP contribution in [-0.2, 0) is 10.0 Å². The fraction of sp³-hybridized carbons (Fsp3) is 0.375. The summed E-state index contributed by atoms with van der Waals surface area (Å²) in [6.07, 6.45) is 1.61. The molecule has 1 fully saturated rings. The Morgan fingerprint density at radius 1 is 1.04 bits per heavy atom. The Labute approximate surface area is 147 Å². The number of hydrogen-bond acceptors (Lipinski definition) is 7. The molecule has 0 atom stereocenters. The van der Waals surface area contributed by atoms with Gasteiger partial charge in [-0.1, -0.05) is 0 Å². The number of sulfonamides is 1. The van der Waals surface area contributed by atoms with E-state index in [1.165, 1.54) is 24.6 Å². The third-order valence-electron chi connectivity index (χ3n) is 4.11. The van der Waals surface area contributed by atoms with E-state index in [0.29, 0.717) is 37.7 Å². The number of nitrogens with zero attached hydrogens (tertiary/aromatic N) is 4. The summed E-state index contributed by atoms with van der Waals surface area (Å²) in [4.78, 5) is 2.13. The van der Waals surface area contributed by atoms with Crippen molar-refractivity contribution in [1.82, 2.24) is 14.5 Å². The Hall–Kier alpha value is -2.39. The number of ether oxygens (including phenoxy) is 2. The first kappa shape index (κ1) is 17.4. The minimum atomic E-state index is -3.68. The molecule has 9 heteroatoms. The van der Waals surface area contributed by atoms with Crippen molar-refractivity contribution >= 4 is 15.8 Å². The van der Waals surface area contributed by atoms with Gasteiger partial charge in [-0.2, -0.15) is 9.40 Å². The second-order valence-corrected chi connectivity index (χ2v) is 7.40. The van der Waals surface area contributed by atoms with Crippen LogP contribution in [0.15, 0.2) is 41.4 Å². The van der Waals surface area contributed by atoms with E-state index in [9.17, 15) is 8.42 Å². The van der Waals surface area contributed by atoms with Gasteiger partial charge in [0.05, 0.1) is 14.2 Å². The van der Waals surface area contributed by atoms with Crippen LogP contribution in [0.4, 0.5) is 5.82 Å². The summed E-state index contributed by atoms with van der Waals surface area (Å²) in [5.74, 6) is 1.52.